The molecule has 0 bridgehead atoms. The molecule has 0 radical (unpaired) electrons. The van der Waals surface area contributed by atoms with Gasteiger partial charge in [-0.25, -0.2) is 8.42 Å². The lowest BCUT2D eigenvalue weighted by Crippen LogP contribution is -2.48. The van der Waals surface area contributed by atoms with Crippen LogP contribution < -0.4 is 5.32 Å². The van der Waals surface area contributed by atoms with Crippen LogP contribution in [0.15, 0.2) is 24.3 Å². The molecule has 8 nitrogen and oxygen atoms in total. The van der Waals surface area contributed by atoms with E-state index in [1.807, 2.05) is 38.1 Å². The summed E-state index contributed by atoms with van der Waals surface area (Å²) in [6.07, 6.45) is 1.01. The average molecular weight is 501 g/mol. The number of sulfone groups is 1. The van der Waals surface area contributed by atoms with Crippen molar-refractivity contribution >= 4 is 60.6 Å². The van der Waals surface area contributed by atoms with E-state index in [4.69, 9.17) is 16.3 Å². The highest BCUT2D eigenvalue weighted by Crippen LogP contribution is 2.34. The number of carbonyl (C=O) groups excluding carboxylic acids is 3. The van der Waals surface area contributed by atoms with Gasteiger partial charge in [0.2, 0.25) is 0 Å². The first-order valence-electron chi connectivity index (χ1n) is 10.3. The molecule has 11 heteroatoms. The normalized spacial score (nSPS) is 18.3. The number of carbonyl (C=O) groups is 3. The summed E-state index contributed by atoms with van der Waals surface area (Å²) in [4.78, 5) is 39.0. The second kappa shape index (κ2) is 10.2. The summed E-state index contributed by atoms with van der Waals surface area (Å²) in [6.45, 7) is 2.80. The van der Waals surface area contributed by atoms with Crippen molar-refractivity contribution in [3.05, 3.63) is 34.2 Å². The number of hydrogen-bond donors (Lipinski definition) is 1. The van der Waals surface area contributed by atoms with Gasteiger partial charge in [-0.2, -0.15) is 0 Å². The highest BCUT2D eigenvalue weighted by atomic mass is 35.5. The largest absolute Gasteiger partial charge is 0.454 e. The number of benzene rings is 1. The van der Waals surface area contributed by atoms with Gasteiger partial charge in [-0.3, -0.25) is 14.4 Å². The lowest BCUT2D eigenvalue weighted by atomic mass is 10.1. The van der Waals surface area contributed by atoms with Gasteiger partial charge >= 0.3 is 5.97 Å². The van der Waals surface area contributed by atoms with E-state index in [0.717, 1.165) is 10.1 Å². The molecule has 1 aromatic heterocycles. The van der Waals surface area contributed by atoms with E-state index in [-0.39, 0.29) is 17.5 Å². The molecule has 1 aliphatic heterocycles. The monoisotopic (exact) mass is 500 g/mol. The Bertz CT molecular complexity index is 1130. The highest BCUT2D eigenvalue weighted by Gasteiger charge is 2.36. The van der Waals surface area contributed by atoms with Crippen molar-refractivity contribution in [1.82, 2.24) is 10.2 Å². The van der Waals surface area contributed by atoms with Crippen molar-refractivity contribution in [2.24, 2.45) is 0 Å². The quantitative estimate of drug-likeness (QED) is 0.558. The van der Waals surface area contributed by atoms with Gasteiger partial charge in [0.05, 0.1) is 16.5 Å². The highest BCUT2D eigenvalue weighted by molar-refractivity contribution is 7.91. The van der Waals surface area contributed by atoms with Crippen LogP contribution in [0.4, 0.5) is 0 Å². The lowest BCUT2D eigenvalue weighted by molar-refractivity contribution is -0.153. The van der Waals surface area contributed by atoms with Crippen LogP contribution in [0.3, 0.4) is 0 Å². The van der Waals surface area contributed by atoms with E-state index in [9.17, 15) is 22.8 Å². The number of ether oxygens (including phenoxy) is 1. The van der Waals surface area contributed by atoms with Gasteiger partial charge in [-0.1, -0.05) is 36.7 Å². The molecule has 2 amide bonds. The number of hydrogen-bond acceptors (Lipinski definition) is 7. The van der Waals surface area contributed by atoms with Crippen molar-refractivity contribution in [1.29, 1.82) is 0 Å². The van der Waals surface area contributed by atoms with Crippen LogP contribution in [0.1, 0.15) is 36.4 Å². The van der Waals surface area contributed by atoms with Crippen molar-refractivity contribution in [3.8, 4) is 0 Å². The van der Waals surface area contributed by atoms with E-state index >= 15 is 0 Å². The topological polar surface area (TPSA) is 110 Å². The molecule has 0 spiro atoms. The van der Waals surface area contributed by atoms with Crippen LogP contribution >= 0.6 is 22.9 Å². The molecule has 0 saturated carbocycles. The molecule has 2 heterocycles. The number of nitrogens with zero attached hydrogens (tertiary/aromatic N) is 1. The number of halogens is 1. The predicted octanol–water partition coefficient (Wildman–Crippen LogP) is 2.64. The van der Waals surface area contributed by atoms with Gasteiger partial charge in [0.15, 0.2) is 16.4 Å². The SMILES string of the molecule is CC[C@H](C)N(C(=O)COC(=O)CNC(=O)c1sc2ccccc2c1Cl)[C@@H]1CCS(=O)(=O)C1. The van der Waals surface area contributed by atoms with E-state index < -0.39 is 46.8 Å². The Morgan fingerprint density at radius 2 is 2.03 bits per heavy atom. The second-order valence-electron chi connectivity index (χ2n) is 7.70. The molecule has 3 rings (SSSR count). The third-order valence-corrected chi connectivity index (χ3v) is 8.87. The van der Waals surface area contributed by atoms with Crippen LogP contribution in [0, 0.1) is 0 Å². The third-order valence-electron chi connectivity index (χ3n) is 5.45. The van der Waals surface area contributed by atoms with E-state index in [2.05, 4.69) is 5.32 Å². The Balaban J connectivity index is 1.54. The maximum Gasteiger partial charge on any atom is 0.325 e. The molecule has 1 aliphatic rings. The number of thiophene rings is 1. The zero-order valence-corrected chi connectivity index (χ0v) is 20.2. The van der Waals surface area contributed by atoms with E-state index in [1.165, 1.54) is 16.2 Å². The number of esters is 1. The summed E-state index contributed by atoms with van der Waals surface area (Å²) >= 11 is 7.49. The zero-order chi connectivity index (χ0) is 23.5. The average Bonchev–Trinajstić information content (AvgIpc) is 3.29. The fourth-order valence-corrected chi connectivity index (χ4v) is 6.81. The van der Waals surface area contributed by atoms with Gasteiger partial charge in [-0.05, 0) is 25.8 Å². The third kappa shape index (κ3) is 5.60. The Morgan fingerprint density at radius 1 is 1.31 bits per heavy atom. The Hall–Kier alpha value is -2.17. The fourth-order valence-electron chi connectivity index (χ4n) is 3.66. The van der Waals surface area contributed by atoms with Crippen LogP contribution in [0.25, 0.3) is 10.1 Å². The minimum atomic E-state index is -3.16. The van der Waals surface area contributed by atoms with Crippen LogP contribution in [0.5, 0.6) is 0 Å². The summed E-state index contributed by atoms with van der Waals surface area (Å²) in [5, 5.41) is 3.54. The van der Waals surface area contributed by atoms with Crippen molar-refractivity contribution < 1.29 is 27.5 Å². The zero-order valence-electron chi connectivity index (χ0n) is 17.8. The molecule has 2 atom stereocenters. The number of rotatable bonds is 8. The van der Waals surface area contributed by atoms with Gasteiger partial charge in [0.25, 0.3) is 11.8 Å². The molecule has 1 saturated heterocycles. The number of amides is 2. The van der Waals surface area contributed by atoms with Crippen molar-refractivity contribution in [2.75, 3.05) is 24.7 Å². The second-order valence-corrected chi connectivity index (χ2v) is 11.4. The molecule has 1 fully saturated rings. The molecule has 1 aromatic carbocycles. The van der Waals surface area contributed by atoms with Crippen molar-refractivity contribution in [3.63, 3.8) is 0 Å². The van der Waals surface area contributed by atoms with E-state index in [1.54, 1.807) is 0 Å². The fraction of sp³-hybridized carbons (Fsp3) is 0.476. The molecule has 2 aromatic rings. The summed E-state index contributed by atoms with van der Waals surface area (Å²) in [7, 11) is -3.16. The Labute approximate surface area is 195 Å². The maximum atomic E-state index is 12.7. The standard InChI is InChI=1S/C21H25ClN2O6S2/c1-3-13(2)24(14-8-9-32(28,29)12-14)17(25)11-30-18(26)10-23-21(27)20-19(22)15-6-4-5-7-16(15)31-20/h4-7,13-14H,3,8-12H2,1-2H3,(H,23,27)/t13-,14+/m0/s1. The first-order chi connectivity index (χ1) is 15.1. The summed E-state index contributed by atoms with van der Waals surface area (Å²) in [6, 6.07) is 6.71. The summed E-state index contributed by atoms with van der Waals surface area (Å²) < 4.78 is 29.5. The molecule has 32 heavy (non-hydrogen) atoms. The van der Waals surface area contributed by atoms with Crippen LogP contribution in [-0.4, -0.2) is 67.8 Å². The molecular formula is C21H25ClN2O6S2. The van der Waals surface area contributed by atoms with Gasteiger partial charge < -0.3 is 15.0 Å². The molecule has 174 valence electrons. The van der Waals surface area contributed by atoms with Crippen molar-refractivity contribution in [2.45, 2.75) is 38.8 Å². The minimum Gasteiger partial charge on any atom is -0.454 e. The smallest absolute Gasteiger partial charge is 0.325 e. The predicted molar refractivity (Wildman–Crippen MR) is 124 cm³/mol. The summed E-state index contributed by atoms with van der Waals surface area (Å²) in [5.41, 5.74) is 0. The summed E-state index contributed by atoms with van der Waals surface area (Å²) in [5.74, 6) is -1.76. The molecule has 0 unspecified atom stereocenters. The molecule has 1 N–H and O–H groups in total. The first kappa shape index (κ1) is 24.5. The Morgan fingerprint density at radius 3 is 2.66 bits per heavy atom. The molecular weight excluding hydrogens is 476 g/mol. The number of nitrogens with one attached hydrogen (secondary N) is 1. The van der Waals surface area contributed by atoms with Gasteiger partial charge in [0, 0.05) is 22.2 Å². The molecule has 0 aliphatic carbocycles. The number of fused-ring (bicyclic) bond motifs is 1. The lowest BCUT2D eigenvalue weighted by Gasteiger charge is -2.33. The van der Waals surface area contributed by atoms with Crippen LogP contribution in [-0.2, 0) is 24.2 Å². The Kier molecular flexibility index (Phi) is 7.79. The van der Waals surface area contributed by atoms with Gasteiger partial charge in [-0.15, -0.1) is 11.3 Å². The minimum absolute atomic E-state index is 0.0456. The first-order valence-corrected chi connectivity index (χ1v) is 13.3. The van der Waals surface area contributed by atoms with Gasteiger partial charge in [0.1, 0.15) is 11.4 Å². The maximum absolute atomic E-state index is 12.7. The van der Waals surface area contributed by atoms with E-state index in [0.29, 0.717) is 22.7 Å². The van der Waals surface area contributed by atoms with Crippen LogP contribution in [0.2, 0.25) is 5.02 Å².